The van der Waals surface area contributed by atoms with Crippen molar-refractivity contribution in [3.8, 4) is 5.75 Å². The molecule has 0 saturated heterocycles. The number of benzene rings is 1. The third-order valence-electron chi connectivity index (χ3n) is 2.79. The van der Waals surface area contributed by atoms with Gasteiger partial charge in [0.25, 0.3) is 0 Å². The summed E-state index contributed by atoms with van der Waals surface area (Å²) in [5, 5.41) is 3.87. The van der Waals surface area contributed by atoms with Gasteiger partial charge in [-0.1, -0.05) is 44.1 Å². The number of hydrogen-bond donors (Lipinski definition) is 1. The summed E-state index contributed by atoms with van der Waals surface area (Å²) in [4.78, 5) is 4.26. The number of aromatic nitrogens is 2. The molecule has 2 N–H and O–H groups in total. The van der Waals surface area contributed by atoms with Gasteiger partial charge in [-0.05, 0) is 17.5 Å². The first kappa shape index (κ1) is 16.5. The second-order valence-electron chi connectivity index (χ2n) is 5.49. The van der Waals surface area contributed by atoms with Crippen molar-refractivity contribution in [3.63, 3.8) is 0 Å². The second-order valence-corrected chi connectivity index (χ2v) is 5.49. The van der Waals surface area contributed by atoms with Gasteiger partial charge in [0.1, 0.15) is 5.75 Å². The van der Waals surface area contributed by atoms with Crippen LogP contribution in [0.1, 0.15) is 38.5 Å². The Hall–Kier alpha value is -1.59. The SMILES string of the molecule is CC(C)(C)[C@H](N)c1nc(COc2ccccc2)no1.Cl. The zero-order chi connectivity index (χ0) is 13.9. The van der Waals surface area contributed by atoms with E-state index >= 15 is 0 Å². The molecule has 5 nitrogen and oxygen atoms in total. The van der Waals surface area contributed by atoms with Gasteiger partial charge in [0.05, 0.1) is 6.04 Å². The molecule has 0 unspecified atom stereocenters. The van der Waals surface area contributed by atoms with E-state index in [0.717, 1.165) is 5.75 Å². The highest BCUT2D eigenvalue weighted by Gasteiger charge is 2.27. The number of hydrogen-bond acceptors (Lipinski definition) is 5. The lowest BCUT2D eigenvalue weighted by Gasteiger charge is -2.23. The lowest BCUT2D eigenvalue weighted by Crippen LogP contribution is -2.26. The third kappa shape index (κ3) is 4.21. The number of ether oxygens (including phenoxy) is 1. The molecule has 0 radical (unpaired) electrons. The molecule has 110 valence electrons. The molecule has 0 amide bonds. The minimum absolute atomic E-state index is 0. The first-order valence-corrected chi connectivity index (χ1v) is 6.23. The highest BCUT2D eigenvalue weighted by atomic mass is 35.5. The Labute approximate surface area is 124 Å². The number of rotatable bonds is 4. The molecule has 0 aliphatic rings. The maximum atomic E-state index is 6.06. The van der Waals surface area contributed by atoms with E-state index in [2.05, 4.69) is 10.1 Å². The van der Waals surface area contributed by atoms with Crippen molar-refractivity contribution in [2.45, 2.75) is 33.4 Å². The van der Waals surface area contributed by atoms with E-state index in [4.69, 9.17) is 15.0 Å². The standard InChI is InChI=1S/C14H19N3O2.ClH/c1-14(2,3)12(15)13-16-11(17-19-13)9-18-10-7-5-4-6-8-10;/h4-8,12H,9,15H2,1-3H3;1H/t12-;/m1./s1. The quantitative estimate of drug-likeness (QED) is 0.938. The van der Waals surface area contributed by atoms with Gasteiger partial charge in [-0.15, -0.1) is 12.4 Å². The summed E-state index contributed by atoms with van der Waals surface area (Å²) in [5.74, 6) is 1.71. The van der Waals surface area contributed by atoms with Crippen LogP contribution in [0.15, 0.2) is 34.9 Å². The molecule has 0 bridgehead atoms. The van der Waals surface area contributed by atoms with Crippen LogP contribution in [0.4, 0.5) is 0 Å². The normalized spacial score (nSPS) is 12.6. The summed E-state index contributed by atoms with van der Waals surface area (Å²) in [7, 11) is 0. The Balaban J connectivity index is 0.00000200. The van der Waals surface area contributed by atoms with Crippen molar-refractivity contribution in [2.75, 3.05) is 0 Å². The van der Waals surface area contributed by atoms with E-state index in [0.29, 0.717) is 11.7 Å². The molecule has 0 saturated carbocycles. The Bertz CT molecular complexity index is 523. The minimum atomic E-state index is -0.287. The summed E-state index contributed by atoms with van der Waals surface area (Å²) >= 11 is 0. The average Bonchev–Trinajstić information content (AvgIpc) is 2.84. The maximum absolute atomic E-state index is 6.06. The van der Waals surface area contributed by atoms with E-state index in [1.54, 1.807) is 0 Å². The predicted octanol–water partition coefficient (Wildman–Crippen LogP) is 3.12. The lowest BCUT2D eigenvalue weighted by atomic mass is 9.87. The van der Waals surface area contributed by atoms with E-state index in [-0.39, 0.29) is 30.5 Å². The number of nitrogens with zero attached hydrogens (tertiary/aromatic N) is 2. The zero-order valence-corrected chi connectivity index (χ0v) is 12.7. The fourth-order valence-corrected chi connectivity index (χ4v) is 1.49. The largest absolute Gasteiger partial charge is 0.485 e. The van der Waals surface area contributed by atoms with Crippen LogP contribution in [-0.2, 0) is 6.61 Å². The first-order valence-electron chi connectivity index (χ1n) is 6.23. The Kier molecular flexibility index (Phi) is 5.53. The number of halogens is 1. The molecule has 2 rings (SSSR count). The average molecular weight is 298 g/mol. The lowest BCUT2D eigenvalue weighted by molar-refractivity contribution is 0.249. The van der Waals surface area contributed by atoms with E-state index < -0.39 is 0 Å². The predicted molar refractivity (Wildman–Crippen MR) is 78.7 cm³/mol. The molecule has 1 aromatic carbocycles. The molecular weight excluding hydrogens is 278 g/mol. The Morgan fingerprint density at radius 2 is 1.90 bits per heavy atom. The fourth-order valence-electron chi connectivity index (χ4n) is 1.49. The maximum Gasteiger partial charge on any atom is 0.244 e. The molecule has 20 heavy (non-hydrogen) atoms. The van der Waals surface area contributed by atoms with Crippen LogP contribution < -0.4 is 10.5 Å². The van der Waals surface area contributed by atoms with Gasteiger partial charge in [-0.3, -0.25) is 0 Å². The molecular formula is C14H20ClN3O2. The van der Waals surface area contributed by atoms with Gasteiger partial charge in [-0.25, -0.2) is 0 Å². The highest BCUT2D eigenvalue weighted by molar-refractivity contribution is 5.85. The molecule has 0 spiro atoms. The third-order valence-corrected chi connectivity index (χ3v) is 2.79. The van der Waals surface area contributed by atoms with Crippen molar-refractivity contribution < 1.29 is 9.26 Å². The summed E-state index contributed by atoms with van der Waals surface area (Å²) < 4.78 is 10.7. The monoisotopic (exact) mass is 297 g/mol. The van der Waals surface area contributed by atoms with Gasteiger partial charge in [-0.2, -0.15) is 4.98 Å². The van der Waals surface area contributed by atoms with Crippen LogP contribution in [0.5, 0.6) is 5.75 Å². The molecule has 1 atom stereocenters. The molecule has 0 aliphatic carbocycles. The molecule has 6 heteroatoms. The second kappa shape index (κ2) is 6.72. The Morgan fingerprint density at radius 1 is 1.25 bits per heavy atom. The van der Waals surface area contributed by atoms with E-state index in [9.17, 15) is 0 Å². The molecule has 1 aromatic heterocycles. The summed E-state index contributed by atoms with van der Waals surface area (Å²) in [6.07, 6.45) is 0. The molecule has 1 heterocycles. The summed E-state index contributed by atoms with van der Waals surface area (Å²) in [6.45, 7) is 6.36. The van der Waals surface area contributed by atoms with Crippen LogP contribution >= 0.6 is 12.4 Å². The first-order chi connectivity index (χ1) is 8.97. The van der Waals surface area contributed by atoms with Crippen molar-refractivity contribution in [3.05, 3.63) is 42.0 Å². The zero-order valence-electron chi connectivity index (χ0n) is 11.9. The van der Waals surface area contributed by atoms with Gasteiger partial charge >= 0.3 is 0 Å². The van der Waals surface area contributed by atoms with E-state index in [1.165, 1.54) is 0 Å². The number of para-hydroxylation sites is 1. The van der Waals surface area contributed by atoms with Crippen LogP contribution in [0.25, 0.3) is 0 Å². The van der Waals surface area contributed by atoms with Crippen molar-refractivity contribution >= 4 is 12.4 Å². The van der Waals surface area contributed by atoms with Crippen LogP contribution in [0.2, 0.25) is 0 Å². The summed E-state index contributed by atoms with van der Waals surface area (Å²) in [5.41, 5.74) is 5.93. The van der Waals surface area contributed by atoms with Crippen molar-refractivity contribution in [1.82, 2.24) is 10.1 Å². The van der Waals surface area contributed by atoms with Crippen LogP contribution in [-0.4, -0.2) is 10.1 Å². The van der Waals surface area contributed by atoms with Gasteiger partial charge in [0.15, 0.2) is 6.61 Å². The van der Waals surface area contributed by atoms with E-state index in [1.807, 2.05) is 51.1 Å². The minimum Gasteiger partial charge on any atom is -0.485 e. The number of nitrogens with two attached hydrogens (primary N) is 1. The van der Waals surface area contributed by atoms with Crippen LogP contribution in [0.3, 0.4) is 0 Å². The van der Waals surface area contributed by atoms with Gasteiger partial charge < -0.3 is 15.0 Å². The molecule has 0 fully saturated rings. The van der Waals surface area contributed by atoms with Crippen molar-refractivity contribution in [1.29, 1.82) is 0 Å². The van der Waals surface area contributed by atoms with Crippen LogP contribution in [0, 0.1) is 5.41 Å². The summed E-state index contributed by atoms with van der Waals surface area (Å²) in [6, 6.07) is 9.22. The highest BCUT2D eigenvalue weighted by Crippen LogP contribution is 2.29. The Morgan fingerprint density at radius 3 is 2.50 bits per heavy atom. The smallest absolute Gasteiger partial charge is 0.244 e. The molecule has 2 aromatic rings. The van der Waals surface area contributed by atoms with Gasteiger partial charge in [0, 0.05) is 0 Å². The van der Waals surface area contributed by atoms with Gasteiger partial charge in [0.2, 0.25) is 11.7 Å². The molecule has 0 aliphatic heterocycles. The topological polar surface area (TPSA) is 74.2 Å². The van der Waals surface area contributed by atoms with Crippen molar-refractivity contribution in [2.24, 2.45) is 11.1 Å². The fraction of sp³-hybridized carbons (Fsp3) is 0.429.